The van der Waals surface area contributed by atoms with Gasteiger partial charge in [-0.3, -0.25) is 9.48 Å². The minimum absolute atomic E-state index is 0.281. The maximum absolute atomic E-state index is 12.3. The molecule has 2 heterocycles. The monoisotopic (exact) mass is 531 g/mol. The lowest BCUT2D eigenvalue weighted by Crippen LogP contribution is -2.45. The van der Waals surface area contributed by atoms with Gasteiger partial charge in [-0.05, 0) is 56.3 Å². The van der Waals surface area contributed by atoms with Crippen LogP contribution in [0.2, 0.25) is 0 Å². The molecule has 0 aliphatic carbocycles. The van der Waals surface area contributed by atoms with Gasteiger partial charge in [0.15, 0.2) is 0 Å². The summed E-state index contributed by atoms with van der Waals surface area (Å²) in [6.45, 7) is 5.59. The Morgan fingerprint density at radius 2 is 2.10 bits per heavy atom. The van der Waals surface area contributed by atoms with Gasteiger partial charge in [0, 0.05) is 49.9 Å². The van der Waals surface area contributed by atoms with Crippen LogP contribution in [0.4, 0.5) is 17.1 Å². The van der Waals surface area contributed by atoms with Gasteiger partial charge < -0.3 is 31.0 Å². The van der Waals surface area contributed by atoms with Gasteiger partial charge in [0.1, 0.15) is 17.3 Å². The molecule has 1 saturated heterocycles. The fraction of sp³-hybridized carbons (Fsp3) is 0.321. The number of nitrogens with zero attached hydrogens (tertiary/aromatic N) is 5. The molecule has 0 spiro atoms. The number of carbonyl (C=O) groups excluding carboxylic acids is 1. The summed E-state index contributed by atoms with van der Waals surface area (Å²) in [6, 6.07) is 9.76. The molecule has 39 heavy (non-hydrogen) atoms. The Morgan fingerprint density at radius 3 is 2.79 bits per heavy atom. The number of aromatic nitrogens is 2. The number of likely N-dealkylation sites (N-methyl/N-ethyl adjacent to an activating group) is 2. The van der Waals surface area contributed by atoms with E-state index in [4.69, 9.17) is 16.3 Å². The smallest absolute Gasteiger partial charge is 0.247 e. The number of carbonyl (C=O) groups is 1. The SMILES string of the molecule is C=CC(=O)Nc1cc(N=C(C=C(N)c2ccc3c(cnn3C)c2)NN)c(OC)cc1N(C)C1CCCN(C)C1. The molecule has 0 bridgehead atoms. The zero-order valence-electron chi connectivity index (χ0n) is 22.9. The lowest BCUT2D eigenvalue weighted by Gasteiger charge is -2.38. The Hall–Kier alpha value is -4.35. The van der Waals surface area contributed by atoms with Crippen LogP contribution in [0, 0.1) is 0 Å². The Labute approximate surface area is 228 Å². The van der Waals surface area contributed by atoms with Crippen molar-refractivity contribution in [3.63, 3.8) is 0 Å². The van der Waals surface area contributed by atoms with Gasteiger partial charge in [-0.25, -0.2) is 10.8 Å². The summed E-state index contributed by atoms with van der Waals surface area (Å²) in [5, 5.41) is 8.17. The molecule has 2 aromatic carbocycles. The average molecular weight is 532 g/mol. The number of piperidine rings is 1. The minimum Gasteiger partial charge on any atom is -0.494 e. The highest BCUT2D eigenvalue weighted by Crippen LogP contribution is 2.40. The predicted molar refractivity (Wildman–Crippen MR) is 158 cm³/mol. The normalized spacial score (nSPS) is 16.7. The van der Waals surface area contributed by atoms with Crippen LogP contribution >= 0.6 is 0 Å². The first kappa shape index (κ1) is 27.7. The summed E-state index contributed by atoms with van der Waals surface area (Å²) in [5.74, 6) is 6.34. The van der Waals surface area contributed by atoms with E-state index in [0.29, 0.717) is 28.7 Å². The second-order valence-corrected chi connectivity index (χ2v) is 9.69. The quantitative estimate of drug-likeness (QED) is 0.114. The summed E-state index contributed by atoms with van der Waals surface area (Å²) in [7, 11) is 7.62. The lowest BCUT2D eigenvalue weighted by atomic mass is 10.0. The third-order valence-corrected chi connectivity index (χ3v) is 7.03. The van der Waals surface area contributed by atoms with Gasteiger partial charge in [0.25, 0.3) is 0 Å². The van der Waals surface area contributed by atoms with E-state index in [2.05, 4.69) is 44.3 Å². The van der Waals surface area contributed by atoms with Crippen LogP contribution in [0.1, 0.15) is 18.4 Å². The number of methoxy groups -OCH3 is 1. The molecule has 11 heteroatoms. The number of anilines is 2. The average Bonchev–Trinajstić information content (AvgIpc) is 3.32. The summed E-state index contributed by atoms with van der Waals surface area (Å²) in [6.07, 6.45) is 6.83. The number of rotatable bonds is 8. The second kappa shape index (κ2) is 12.0. The number of aliphatic imine (C=N–C) groups is 1. The minimum atomic E-state index is -0.322. The molecule has 1 fully saturated rings. The van der Waals surface area contributed by atoms with E-state index in [-0.39, 0.29) is 11.9 Å². The lowest BCUT2D eigenvalue weighted by molar-refractivity contribution is -0.111. The highest BCUT2D eigenvalue weighted by Gasteiger charge is 2.24. The van der Waals surface area contributed by atoms with E-state index in [1.165, 1.54) is 6.08 Å². The van der Waals surface area contributed by atoms with Gasteiger partial charge in [0.2, 0.25) is 5.91 Å². The number of hydrazine groups is 1. The zero-order chi connectivity index (χ0) is 28.1. The third-order valence-electron chi connectivity index (χ3n) is 7.03. The van der Waals surface area contributed by atoms with Crippen molar-refractivity contribution in [1.82, 2.24) is 20.1 Å². The number of benzene rings is 2. The van der Waals surface area contributed by atoms with E-state index in [0.717, 1.165) is 48.1 Å². The molecule has 1 unspecified atom stereocenters. The highest BCUT2D eigenvalue weighted by atomic mass is 16.5. The van der Waals surface area contributed by atoms with Crippen molar-refractivity contribution in [2.45, 2.75) is 18.9 Å². The second-order valence-electron chi connectivity index (χ2n) is 9.69. The van der Waals surface area contributed by atoms with Crippen molar-refractivity contribution in [2.24, 2.45) is 23.6 Å². The molecular formula is C28H37N9O2. The van der Waals surface area contributed by atoms with Gasteiger partial charge in [-0.15, -0.1) is 0 Å². The van der Waals surface area contributed by atoms with Crippen molar-refractivity contribution in [1.29, 1.82) is 0 Å². The van der Waals surface area contributed by atoms with Crippen molar-refractivity contribution >= 4 is 45.4 Å². The van der Waals surface area contributed by atoms with E-state index in [9.17, 15) is 4.79 Å². The number of aryl methyl sites for hydroxylation is 1. The van der Waals surface area contributed by atoms with Gasteiger partial charge in [-0.2, -0.15) is 5.10 Å². The van der Waals surface area contributed by atoms with E-state index < -0.39 is 0 Å². The summed E-state index contributed by atoms with van der Waals surface area (Å²) in [4.78, 5) is 21.5. The molecule has 1 atom stereocenters. The molecule has 1 aliphatic heterocycles. The maximum Gasteiger partial charge on any atom is 0.247 e. The van der Waals surface area contributed by atoms with Crippen molar-refractivity contribution in [2.75, 3.05) is 44.5 Å². The number of fused-ring (bicyclic) bond motifs is 1. The number of nitrogens with one attached hydrogen (secondary N) is 2. The number of amidine groups is 1. The van der Waals surface area contributed by atoms with Crippen LogP contribution in [0.3, 0.4) is 0 Å². The molecule has 3 aromatic rings. The largest absolute Gasteiger partial charge is 0.494 e. The number of nitrogens with two attached hydrogens (primary N) is 2. The number of ether oxygens (including phenoxy) is 1. The Balaban J connectivity index is 1.72. The molecule has 11 nitrogen and oxygen atoms in total. The number of hydrogen-bond donors (Lipinski definition) is 4. The number of amides is 1. The van der Waals surface area contributed by atoms with Gasteiger partial charge in [-0.1, -0.05) is 12.6 Å². The molecule has 0 saturated carbocycles. The predicted octanol–water partition coefficient (Wildman–Crippen LogP) is 2.73. The fourth-order valence-electron chi connectivity index (χ4n) is 4.85. The maximum atomic E-state index is 12.3. The number of likely N-dealkylation sites (tertiary alicyclic amines) is 1. The van der Waals surface area contributed by atoms with E-state index in [1.54, 1.807) is 30.1 Å². The first-order valence-corrected chi connectivity index (χ1v) is 12.8. The molecule has 206 valence electrons. The van der Waals surface area contributed by atoms with Crippen LogP contribution in [-0.2, 0) is 11.8 Å². The summed E-state index contributed by atoms with van der Waals surface area (Å²) in [5.41, 5.74) is 13.2. The fourth-order valence-corrected chi connectivity index (χ4v) is 4.85. The molecule has 0 radical (unpaired) electrons. The first-order valence-electron chi connectivity index (χ1n) is 12.8. The molecule has 1 aliphatic rings. The summed E-state index contributed by atoms with van der Waals surface area (Å²) >= 11 is 0. The Kier molecular flexibility index (Phi) is 8.52. The first-order chi connectivity index (χ1) is 18.7. The van der Waals surface area contributed by atoms with E-state index >= 15 is 0 Å². The van der Waals surface area contributed by atoms with Crippen molar-refractivity contribution in [3.05, 3.63) is 60.8 Å². The molecule has 1 aromatic heterocycles. The standard InChI is InChI=1S/C28H37N9O2/c1-6-28(38)33-22-14-23(26(39-5)15-25(22)36(3)20-8-7-11-35(2)17-20)32-27(34-30)13-21(29)18-9-10-24-19(12-18)16-31-37(24)4/h6,9-10,12-16,20H,1,7-8,11,17,29-30H2,2-5H3,(H,32,34)(H,33,38). The van der Waals surface area contributed by atoms with Crippen LogP contribution in [-0.4, -0.2) is 66.8 Å². The number of hydrogen-bond acceptors (Lipinski definition) is 8. The van der Waals surface area contributed by atoms with Crippen LogP contribution < -0.4 is 32.0 Å². The van der Waals surface area contributed by atoms with Crippen molar-refractivity contribution < 1.29 is 9.53 Å². The Bertz CT molecular complexity index is 1430. The van der Waals surface area contributed by atoms with E-state index in [1.807, 2.05) is 38.4 Å². The molecule has 1 amide bonds. The van der Waals surface area contributed by atoms with Gasteiger partial charge >= 0.3 is 0 Å². The van der Waals surface area contributed by atoms with Crippen LogP contribution in [0.15, 0.2) is 60.3 Å². The molecular weight excluding hydrogens is 494 g/mol. The van der Waals surface area contributed by atoms with Gasteiger partial charge in [0.05, 0.1) is 30.2 Å². The molecule has 6 N–H and O–H groups in total. The zero-order valence-corrected chi connectivity index (χ0v) is 22.9. The highest BCUT2D eigenvalue weighted by molar-refractivity contribution is 6.03. The van der Waals surface area contributed by atoms with Crippen LogP contribution in [0.25, 0.3) is 16.6 Å². The van der Waals surface area contributed by atoms with Crippen molar-refractivity contribution in [3.8, 4) is 5.75 Å². The third kappa shape index (κ3) is 6.21. The Morgan fingerprint density at radius 1 is 1.31 bits per heavy atom. The van der Waals surface area contributed by atoms with Crippen LogP contribution in [0.5, 0.6) is 5.75 Å². The summed E-state index contributed by atoms with van der Waals surface area (Å²) < 4.78 is 7.51. The molecule has 4 rings (SSSR count). The topological polar surface area (TPSA) is 139 Å².